The van der Waals surface area contributed by atoms with Gasteiger partial charge in [0, 0.05) is 34.8 Å². The predicted octanol–water partition coefficient (Wildman–Crippen LogP) is 7.23. The molecule has 0 bridgehead atoms. The lowest BCUT2D eigenvalue weighted by Crippen LogP contribution is -2.04. The largest absolute Gasteiger partial charge is 0.497 e. The number of anilines is 1. The summed E-state index contributed by atoms with van der Waals surface area (Å²) in [6.07, 6.45) is 0. The van der Waals surface area contributed by atoms with E-state index in [2.05, 4.69) is 5.32 Å². The summed E-state index contributed by atoms with van der Waals surface area (Å²) in [5, 5.41) is 3.85. The van der Waals surface area contributed by atoms with Crippen molar-refractivity contribution < 1.29 is 22.7 Å². The van der Waals surface area contributed by atoms with E-state index < -0.39 is 11.6 Å². The highest BCUT2D eigenvalue weighted by Crippen LogP contribution is 2.36. The third kappa shape index (κ3) is 4.64. The van der Waals surface area contributed by atoms with E-state index in [4.69, 9.17) is 9.15 Å². The second kappa shape index (κ2) is 9.43. The van der Waals surface area contributed by atoms with E-state index in [9.17, 15) is 13.6 Å². The molecule has 5 rings (SSSR count). The molecule has 4 aromatic carbocycles. The summed E-state index contributed by atoms with van der Waals surface area (Å²) in [7, 11) is 1.60. The minimum atomic E-state index is -0.622. The number of benzene rings is 4. The molecule has 174 valence electrons. The highest BCUT2D eigenvalue weighted by atomic mass is 19.1. The predicted molar refractivity (Wildman–Crippen MR) is 132 cm³/mol. The quantitative estimate of drug-likeness (QED) is 0.256. The zero-order valence-corrected chi connectivity index (χ0v) is 18.8. The van der Waals surface area contributed by atoms with Gasteiger partial charge in [-0.25, -0.2) is 8.78 Å². The molecule has 0 amide bonds. The zero-order valence-electron chi connectivity index (χ0n) is 18.8. The van der Waals surface area contributed by atoms with Crippen LogP contribution in [0.25, 0.3) is 22.3 Å². The molecule has 35 heavy (non-hydrogen) atoms. The van der Waals surface area contributed by atoms with E-state index in [0.717, 1.165) is 22.7 Å². The number of halogens is 2. The number of rotatable bonds is 7. The van der Waals surface area contributed by atoms with Gasteiger partial charge in [0.05, 0.1) is 12.7 Å². The summed E-state index contributed by atoms with van der Waals surface area (Å²) in [6.45, 7) is 0.246. The van der Waals surface area contributed by atoms with Crippen molar-refractivity contribution in [1.29, 1.82) is 0 Å². The summed E-state index contributed by atoms with van der Waals surface area (Å²) >= 11 is 0. The molecule has 0 aliphatic carbocycles. The van der Waals surface area contributed by atoms with Crippen LogP contribution >= 0.6 is 0 Å². The third-order valence-corrected chi connectivity index (χ3v) is 5.74. The average molecular weight is 469 g/mol. The lowest BCUT2D eigenvalue weighted by Gasteiger charge is -2.09. The van der Waals surface area contributed by atoms with Crippen LogP contribution in [-0.2, 0) is 6.54 Å². The molecule has 1 aromatic heterocycles. The van der Waals surface area contributed by atoms with Gasteiger partial charge in [-0.1, -0.05) is 18.2 Å². The molecule has 0 saturated heterocycles. The highest BCUT2D eigenvalue weighted by molar-refractivity contribution is 6.19. The number of furan rings is 1. The number of hydrogen-bond donors (Lipinski definition) is 1. The summed E-state index contributed by atoms with van der Waals surface area (Å²) < 4.78 is 38.2. The molecule has 0 radical (unpaired) electrons. The van der Waals surface area contributed by atoms with Crippen LogP contribution in [0.1, 0.15) is 21.5 Å². The SMILES string of the molecule is COc1ccc(-c2oc3ccccc3c2C(=O)c2ccc(NCc3cc(F)cc(F)c3)cc2)cc1. The number of para-hydroxylation sites is 1. The maximum Gasteiger partial charge on any atom is 0.197 e. The van der Waals surface area contributed by atoms with Crippen molar-refractivity contribution in [1.82, 2.24) is 0 Å². The van der Waals surface area contributed by atoms with Crippen LogP contribution in [0, 0.1) is 11.6 Å². The van der Waals surface area contributed by atoms with E-state index >= 15 is 0 Å². The Kier molecular flexibility index (Phi) is 6.02. The number of methoxy groups -OCH3 is 1. The smallest absolute Gasteiger partial charge is 0.197 e. The number of ketones is 1. The summed E-state index contributed by atoms with van der Waals surface area (Å²) in [6, 6.07) is 25.1. The summed E-state index contributed by atoms with van der Waals surface area (Å²) in [5.41, 5.74) is 3.58. The van der Waals surface area contributed by atoms with E-state index in [1.54, 1.807) is 31.4 Å². The van der Waals surface area contributed by atoms with Gasteiger partial charge >= 0.3 is 0 Å². The fourth-order valence-electron chi connectivity index (χ4n) is 4.02. The number of carbonyl (C=O) groups excluding carboxylic acids is 1. The van der Waals surface area contributed by atoms with Gasteiger partial charge in [-0.3, -0.25) is 4.79 Å². The van der Waals surface area contributed by atoms with Crippen molar-refractivity contribution in [2.24, 2.45) is 0 Å². The Morgan fingerprint density at radius 3 is 2.26 bits per heavy atom. The Morgan fingerprint density at radius 2 is 1.57 bits per heavy atom. The molecule has 6 heteroatoms. The Balaban J connectivity index is 1.43. The minimum absolute atomic E-state index is 0.167. The number of nitrogens with one attached hydrogen (secondary N) is 1. The van der Waals surface area contributed by atoms with Crippen LogP contribution in [0.5, 0.6) is 5.75 Å². The molecular weight excluding hydrogens is 448 g/mol. The van der Waals surface area contributed by atoms with Crippen LogP contribution in [0.15, 0.2) is 95.4 Å². The van der Waals surface area contributed by atoms with Gasteiger partial charge in [-0.15, -0.1) is 0 Å². The molecular formula is C29H21F2NO3. The van der Waals surface area contributed by atoms with Crippen molar-refractivity contribution in [3.8, 4) is 17.1 Å². The zero-order chi connectivity index (χ0) is 24.4. The molecule has 0 fully saturated rings. The third-order valence-electron chi connectivity index (χ3n) is 5.74. The van der Waals surface area contributed by atoms with Gasteiger partial charge in [0.2, 0.25) is 0 Å². The minimum Gasteiger partial charge on any atom is -0.497 e. The van der Waals surface area contributed by atoms with Gasteiger partial charge in [0.15, 0.2) is 5.78 Å². The highest BCUT2D eigenvalue weighted by Gasteiger charge is 2.23. The lowest BCUT2D eigenvalue weighted by molar-refractivity contribution is 0.104. The number of hydrogen-bond acceptors (Lipinski definition) is 4. The molecule has 5 aromatic rings. The van der Waals surface area contributed by atoms with Crippen molar-refractivity contribution in [3.05, 3.63) is 119 Å². The van der Waals surface area contributed by atoms with Gasteiger partial charge in [0.1, 0.15) is 28.7 Å². The number of fused-ring (bicyclic) bond motifs is 1. The molecule has 1 heterocycles. The van der Waals surface area contributed by atoms with Crippen LogP contribution in [0.3, 0.4) is 0 Å². The van der Waals surface area contributed by atoms with E-state index in [-0.39, 0.29) is 12.3 Å². The molecule has 0 aliphatic rings. The fourth-order valence-corrected chi connectivity index (χ4v) is 4.02. The summed E-state index contributed by atoms with van der Waals surface area (Å²) in [4.78, 5) is 13.6. The maximum atomic E-state index is 13.6. The number of carbonyl (C=O) groups is 1. The Labute approximate surface area is 200 Å². The van der Waals surface area contributed by atoms with Crippen molar-refractivity contribution in [3.63, 3.8) is 0 Å². The molecule has 0 spiro atoms. The van der Waals surface area contributed by atoms with Gasteiger partial charge < -0.3 is 14.5 Å². The van der Waals surface area contributed by atoms with Crippen molar-refractivity contribution in [2.75, 3.05) is 12.4 Å². The normalized spacial score (nSPS) is 10.9. The van der Waals surface area contributed by atoms with Crippen molar-refractivity contribution in [2.45, 2.75) is 6.54 Å². The topological polar surface area (TPSA) is 51.5 Å². The second-order valence-electron chi connectivity index (χ2n) is 8.07. The first-order chi connectivity index (χ1) is 17.0. The molecule has 1 N–H and O–H groups in total. The van der Waals surface area contributed by atoms with E-state index in [1.165, 1.54) is 12.1 Å². The Bertz CT molecular complexity index is 1490. The summed E-state index contributed by atoms with van der Waals surface area (Å²) in [5.74, 6) is -0.207. The first kappa shape index (κ1) is 22.3. The first-order valence-corrected chi connectivity index (χ1v) is 11.0. The Hall–Kier alpha value is -4.45. The number of ether oxygens (including phenoxy) is 1. The second-order valence-corrected chi connectivity index (χ2v) is 8.07. The van der Waals surface area contributed by atoms with Gasteiger partial charge in [0.25, 0.3) is 0 Å². The van der Waals surface area contributed by atoms with Crippen molar-refractivity contribution >= 4 is 22.4 Å². The maximum absolute atomic E-state index is 13.6. The van der Waals surface area contributed by atoms with Gasteiger partial charge in [-0.2, -0.15) is 0 Å². The fraction of sp³-hybridized carbons (Fsp3) is 0.0690. The van der Waals surface area contributed by atoms with Crippen LogP contribution in [0.2, 0.25) is 0 Å². The van der Waals surface area contributed by atoms with Crippen LogP contribution in [0.4, 0.5) is 14.5 Å². The van der Waals surface area contributed by atoms with Crippen LogP contribution < -0.4 is 10.1 Å². The molecule has 0 aliphatic heterocycles. The molecule has 0 unspecified atom stereocenters. The van der Waals surface area contributed by atoms with Crippen LogP contribution in [-0.4, -0.2) is 12.9 Å². The standard InChI is InChI=1S/C29H21F2NO3/c1-34-24-12-8-20(9-13-24)29-27(25-4-2-3-5-26(25)35-29)28(33)19-6-10-23(11-7-19)32-17-18-14-21(30)16-22(31)15-18/h2-16,32H,17H2,1H3. The average Bonchev–Trinajstić information content (AvgIpc) is 3.26. The Morgan fingerprint density at radius 1 is 0.886 bits per heavy atom. The lowest BCUT2D eigenvalue weighted by atomic mass is 9.97. The molecule has 4 nitrogen and oxygen atoms in total. The monoisotopic (exact) mass is 469 g/mol. The first-order valence-electron chi connectivity index (χ1n) is 11.0. The van der Waals surface area contributed by atoms with E-state index in [1.807, 2.05) is 48.5 Å². The molecule has 0 saturated carbocycles. The van der Waals surface area contributed by atoms with Gasteiger partial charge in [-0.05, 0) is 72.3 Å². The van der Waals surface area contributed by atoms with E-state index in [0.29, 0.717) is 33.8 Å². The molecule has 0 atom stereocenters.